The van der Waals surface area contributed by atoms with Crippen LogP contribution in [0.1, 0.15) is 18.9 Å². The second kappa shape index (κ2) is 7.65. The highest BCUT2D eigenvalue weighted by Gasteiger charge is 2.04. The summed E-state index contributed by atoms with van der Waals surface area (Å²) in [6.07, 6.45) is 2.11. The van der Waals surface area contributed by atoms with Gasteiger partial charge in [0.1, 0.15) is 0 Å². The molecule has 0 aliphatic carbocycles. The van der Waals surface area contributed by atoms with Crippen LogP contribution in [0.4, 0.5) is 5.69 Å². The Morgan fingerprint density at radius 3 is 2.25 bits per heavy atom. The minimum Gasteiger partial charge on any atom is -0.360 e. The molecule has 1 atom stereocenters. The molecule has 1 unspecified atom stereocenters. The number of nitrogens with one attached hydrogen (secondary N) is 2. The third-order valence-electron chi connectivity index (χ3n) is 3.12. The van der Waals surface area contributed by atoms with Crippen LogP contribution in [0.2, 0.25) is 0 Å². The topological polar surface area (TPSA) is 24.1 Å². The number of hydrogen-bond acceptors (Lipinski definition) is 1. The Morgan fingerprint density at radius 1 is 1.00 bits per heavy atom. The fraction of sp³-hybridized carbons (Fsp3) is 0.235. The Balaban J connectivity index is 1.74. The van der Waals surface area contributed by atoms with E-state index in [1.54, 1.807) is 0 Å². The van der Waals surface area contributed by atoms with Crippen LogP contribution >= 0.6 is 12.2 Å². The summed E-state index contributed by atoms with van der Waals surface area (Å²) < 4.78 is 0. The van der Waals surface area contributed by atoms with Gasteiger partial charge in [0.05, 0.1) is 0 Å². The summed E-state index contributed by atoms with van der Waals surface area (Å²) in [5, 5.41) is 7.19. The minimum absolute atomic E-state index is 0.346. The number of benzene rings is 2. The Bertz CT molecular complexity index is 525. The summed E-state index contributed by atoms with van der Waals surface area (Å²) in [7, 11) is 0. The normalized spacial score (nSPS) is 11.7. The summed E-state index contributed by atoms with van der Waals surface area (Å²) in [5.74, 6) is 0. The Labute approximate surface area is 126 Å². The van der Waals surface area contributed by atoms with Crippen molar-refractivity contribution in [3.8, 4) is 0 Å². The molecule has 0 radical (unpaired) electrons. The van der Waals surface area contributed by atoms with Gasteiger partial charge in [0, 0.05) is 11.7 Å². The highest BCUT2D eigenvalue weighted by molar-refractivity contribution is 7.80. The molecule has 0 spiro atoms. The van der Waals surface area contributed by atoms with E-state index in [4.69, 9.17) is 12.2 Å². The van der Waals surface area contributed by atoms with Crippen molar-refractivity contribution in [2.75, 3.05) is 5.32 Å². The highest BCUT2D eigenvalue weighted by atomic mass is 32.1. The lowest BCUT2D eigenvalue weighted by molar-refractivity contribution is 0.609. The van der Waals surface area contributed by atoms with Crippen LogP contribution < -0.4 is 10.6 Å². The molecule has 104 valence electrons. The summed E-state index contributed by atoms with van der Waals surface area (Å²) in [5.41, 5.74) is 2.38. The van der Waals surface area contributed by atoms with Gasteiger partial charge in [-0.15, -0.1) is 0 Å². The zero-order valence-electron chi connectivity index (χ0n) is 11.7. The molecule has 0 aromatic heterocycles. The molecular formula is C17H20N2S. The zero-order valence-corrected chi connectivity index (χ0v) is 12.5. The second-order valence-corrected chi connectivity index (χ2v) is 5.30. The van der Waals surface area contributed by atoms with Crippen LogP contribution in [0.15, 0.2) is 60.7 Å². The third-order valence-corrected chi connectivity index (χ3v) is 3.34. The quantitative estimate of drug-likeness (QED) is 0.812. The van der Waals surface area contributed by atoms with Crippen molar-refractivity contribution in [2.45, 2.75) is 25.8 Å². The van der Waals surface area contributed by atoms with E-state index in [9.17, 15) is 0 Å². The first kappa shape index (κ1) is 14.5. The molecule has 2 N–H and O–H groups in total. The van der Waals surface area contributed by atoms with Gasteiger partial charge >= 0.3 is 0 Å². The molecule has 0 saturated carbocycles. The van der Waals surface area contributed by atoms with Gasteiger partial charge < -0.3 is 10.6 Å². The maximum absolute atomic E-state index is 5.32. The average Bonchev–Trinajstić information content (AvgIpc) is 2.47. The molecule has 0 saturated heterocycles. The van der Waals surface area contributed by atoms with Crippen LogP contribution in [-0.2, 0) is 6.42 Å². The Hall–Kier alpha value is -1.87. The lowest BCUT2D eigenvalue weighted by Crippen LogP contribution is -2.36. The minimum atomic E-state index is 0.346. The Morgan fingerprint density at radius 2 is 1.60 bits per heavy atom. The van der Waals surface area contributed by atoms with Crippen LogP contribution in [-0.4, -0.2) is 11.2 Å². The fourth-order valence-corrected chi connectivity index (χ4v) is 2.33. The number of hydrogen-bond donors (Lipinski definition) is 2. The van der Waals surface area contributed by atoms with E-state index in [1.807, 2.05) is 36.4 Å². The molecular weight excluding hydrogens is 264 g/mol. The largest absolute Gasteiger partial charge is 0.360 e. The lowest BCUT2D eigenvalue weighted by atomic mass is 10.1. The van der Waals surface area contributed by atoms with Gasteiger partial charge in [-0.3, -0.25) is 0 Å². The van der Waals surface area contributed by atoms with Crippen molar-refractivity contribution in [3.05, 3.63) is 66.2 Å². The standard InChI is InChI=1S/C17H20N2S/c1-14(12-13-15-8-4-2-5-9-15)18-17(20)19-16-10-6-3-7-11-16/h2-11,14H,12-13H2,1H3,(H2,18,19,20). The number of thiocarbonyl (C=S) groups is 1. The van der Waals surface area contributed by atoms with Gasteiger partial charge in [-0.1, -0.05) is 48.5 Å². The smallest absolute Gasteiger partial charge is 0.170 e. The molecule has 20 heavy (non-hydrogen) atoms. The second-order valence-electron chi connectivity index (χ2n) is 4.89. The number of rotatable bonds is 5. The maximum atomic E-state index is 5.32. The summed E-state index contributed by atoms with van der Waals surface area (Å²) >= 11 is 5.32. The molecule has 3 heteroatoms. The van der Waals surface area contributed by atoms with Crippen molar-refractivity contribution in [1.82, 2.24) is 5.32 Å². The molecule has 2 aromatic carbocycles. The molecule has 2 aromatic rings. The van der Waals surface area contributed by atoms with Gasteiger partial charge in [0.2, 0.25) is 0 Å². The van der Waals surface area contributed by atoms with Crippen molar-refractivity contribution in [3.63, 3.8) is 0 Å². The molecule has 0 aliphatic rings. The number of para-hydroxylation sites is 1. The summed E-state index contributed by atoms with van der Waals surface area (Å²) in [4.78, 5) is 0. The monoisotopic (exact) mass is 284 g/mol. The van der Waals surface area contributed by atoms with E-state index >= 15 is 0 Å². The van der Waals surface area contributed by atoms with E-state index in [2.05, 4.69) is 41.8 Å². The van der Waals surface area contributed by atoms with Gasteiger partial charge in [-0.05, 0) is 49.7 Å². The predicted molar refractivity (Wildman–Crippen MR) is 90.0 cm³/mol. The van der Waals surface area contributed by atoms with Crippen LogP contribution in [0.25, 0.3) is 0 Å². The predicted octanol–water partition coefficient (Wildman–Crippen LogP) is 3.99. The molecule has 0 aliphatic heterocycles. The van der Waals surface area contributed by atoms with E-state index in [0.717, 1.165) is 18.5 Å². The molecule has 0 fully saturated rings. The Kier molecular flexibility index (Phi) is 5.56. The maximum Gasteiger partial charge on any atom is 0.170 e. The van der Waals surface area contributed by atoms with Crippen molar-refractivity contribution < 1.29 is 0 Å². The lowest BCUT2D eigenvalue weighted by Gasteiger charge is -2.17. The summed E-state index contributed by atoms with van der Waals surface area (Å²) in [6.45, 7) is 2.15. The zero-order chi connectivity index (χ0) is 14.2. The molecule has 0 heterocycles. The van der Waals surface area contributed by atoms with E-state index in [-0.39, 0.29) is 0 Å². The van der Waals surface area contributed by atoms with Gasteiger partial charge in [-0.25, -0.2) is 0 Å². The molecule has 0 bridgehead atoms. The van der Waals surface area contributed by atoms with Crippen molar-refractivity contribution in [2.24, 2.45) is 0 Å². The fourth-order valence-electron chi connectivity index (χ4n) is 2.01. The number of anilines is 1. The highest BCUT2D eigenvalue weighted by Crippen LogP contribution is 2.07. The molecule has 2 rings (SSSR count). The van der Waals surface area contributed by atoms with Crippen LogP contribution in [0.5, 0.6) is 0 Å². The first-order valence-electron chi connectivity index (χ1n) is 6.90. The van der Waals surface area contributed by atoms with E-state index in [0.29, 0.717) is 11.2 Å². The van der Waals surface area contributed by atoms with Gasteiger partial charge in [-0.2, -0.15) is 0 Å². The van der Waals surface area contributed by atoms with Gasteiger partial charge in [0.25, 0.3) is 0 Å². The third kappa shape index (κ3) is 5.02. The van der Waals surface area contributed by atoms with Crippen LogP contribution in [0.3, 0.4) is 0 Å². The van der Waals surface area contributed by atoms with Crippen molar-refractivity contribution in [1.29, 1.82) is 0 Å². The van der Waals surface area contributed by atoms with E-state index < -0.39 is 0 Å². The van der Waals surface area contributed by atoms with Crippen LogP contribution in [0, 0.1) is 0 Å². The first-order valence-corrected chi connectivity index (χ1v) is 7.31. The number of aryl methyl sites for hydroxylation is 1. The van der Waals surface area contributed by atoms with Crippen molar-refractivity contribution >= 4 is 23.0 Å². The molecule has 2 nitrogen and oxygen atoms in total. The molecule has 0 amide bonds. The van der Waals surface area contributed by atoms with Gasteiger partial charge in [0.15, 0.2) is 5.11 Å². The SMILES string of the molecule is CC(CCc1ccccc1)NC(=S)Nc1ccccc1. The van der Waals surface area contributed by atoms with E-state index in [1.165, 1.54) is 5.56 Å². The summed E-state index contributed by atoms with van der Waals surface area (Å²) in [6, 6.07) is 20.8. The first-order chi connectivity index (χ1) is 9.74. The average molecular weight is 284 g/mol.